The molecule has 35 heavy (non-hydrogen) atoms. The lowest BCUT2D eigenvalue weighted by Crippen LogP contribution is -2.57. The number of aryl methyl sites for hydroxylation is 2. The fourth-order valence-electron chi connectivity index (χ4n) is 4.25. The molecular formula is C26H32N2O6S. The number of carboxylic acid groups (broad SMARTS) is 1. The molecule has 0 aliphatic carbocycles. The SMILES string of the molecule is Cc1cccc(C)c1OCC(=O)N[C@@H](Cc1ccccc1)[C@H](O)C(=O)N1CSC(C)(C)C1C(=O)O. The molecule has 1 saturated heterocycles. The first-order valence-corrected chi connectivity index (χ1v) is 12.4. The van der Waals surface area contributed by atoms with Crippen molar-refractivity contribution in [3.8, 4) is 5.75 Å². The van der Waals surface area contributed by atoms with Crippen LogP contribution in [0.2, 0.25) is 0 Å². The Hall–Kier alpha value is -3.04. The average molecular weight is 501 g/mol. The monoisotopic (exact) mass is 500 g/mol. The van der Waals surface area contributed by atoms with Gasteiger partial charge in [-0.15, -0.1) is 11.8 Å². The highest BCUT2D eigenvalue weighted by atomic mass is 32.2. The van der Waals surface area contributed by atoms with Gasteiger partial charge in [-0.2, -0.15) is 0 Å². The Morgan fingerprint density at radius 1 is 1.11 bits per heavy atom. The smallest absolute Gasteiger partial charge is 0.327 e. The largest absolute Gasteiger partial charge is 0.483 e. The highest BCUT2D eigenvalue weighted by Gasteiger charge is 2.50. The third-order valence-corrected chi connectivity index (χ3v) is 7.47. The number of aliphatic hydroxyl groups is 1. The number of carboxylic acids is 1. The first-order valence-electron chi connectivity index (χ1n) is 11.4. The summed E-state index contributed by atoms with van der Waals surface area (Å²) in [6.07, 6.45) is -1.44. The Bertz CT molecular complexity index is 1050. The number of hydrogen-bond donors (Lipinski definition) is 3. The first kappa shape index (κ1) is 26.6. The lowest BCUT2D eigenvalue weighted by Gasteiger charge is -2.31. The zero-order valence-corrected chi connectivity index (χ0v) is 21.2. The molecule has 1 fully saturated rings. The minimum Gasteiger partial charge on any atom is -0.483 e. The molecule has 0 radical (unpaired) electrons. The number of carbonyl (C=O) groups is 3. The Kier molecular flexibility index (Phi) is 8.45. The van der Waals surface area contributed by atoms with Crippen LogP contribution in [0, 0.1) is 13.8 Å². The van der Waals surface area contributed by atoms with Crippen LogP contribution >= 0.6 is 11.8 Å². The van der Waals surface area contributed by atoms with E-state index in [1.165, 1.54) is 16.7 Å². The van der Waals surface area contributed by atoms with Crippen LogP contribution < -0.4 is 10.1 Å². The molecule has 0 bridgehead atoms. The van der Waals surface area contributed by atoms with E-state index in [1.807, 2.05) is 62.4 Å². The van der Waals surface area contributed by atoms with Crippen molar-refractivity contribution in [3.63, 3.8) is 0 Å². The van der Waals surface area contributed by atoms with E-state index in [9.17, 15) is 24.6 Å². The Morgan fingerprint density at radius 3 is 2.34 bits per heavy atom. The predicted molar refractivity (Wildman–Crippen MR) is 134 cm³/mol. The molecule has 188 valence electrons. The van der Waals surface area contributed by atoms with Crippen LogP contribution in [0.5, 0.6) is 5.75 Å². The van der Waals surface area contributed by atoms with E-state index in [4.69, 9.17) is 4.74 Å². The maximum absolute atomic E-state index is 13.2. The van der Waals surface area contributed by atoms with Gasteiger partial charge in [0.15, 0.2) is 12.7 Å². The van der Waals surface area contributed by atoms with Gasteiger partial charge in [0.05, 0.1) is 11.9 Å². The minimum absolute atomic E-state index is 0.140. The van der Waals surface area contributed by atoms with Gasteiger partial charge < -0.3 is 25.2 Å². The van der Waals surface area contributed by atoms with Crippen LogP contribution in [0.3, 0.4) is 0 Å². The zero-order valence-electron chi connectivity index (χ0n) is 20.4. The maximum atomic E-state index is 13.2. The van der Waals surface area contributed by atoms with Crippen molar-refractivity contribution >= 4 is 29.5 Å². The van der Waals surface area contributed by atoms with E-state index in [-0.39, 0.29) is 18.9 Å². The van der Waals surface area contributed by atoms with E-state index in [0.717, 1.165) is 16.7 Å². The van der Waals surface area contributed by atoms with E-state index in [2.05, 4.69) is 5.32 Å². The lowest BCUT2D eigenvalue weighted by atomic mass is 9.97. The number of aliphatic hydroxyl groups excluding tert-OH is 1. The summed E-state index contributed by atoms with van der Waals surface area (Å²) in [5, 5.41) is 23.5. The van der Waals surface area contributed by atoms with E-state index in [0.29, 0.717) is 5.75 Å². The summed E-state index contributed by atoms with van der Waals surface area (Å²) < 4.78 is 5.02. The lowest BCUT2D eigenvalue weighted by molar-refractivity contribution is -0.154. The molecule has 3 rings (SSSR count). The summed E-state index contributed by atoms with van der Waals surface area (Å²) in [5.41, 5.74) is 2.59. The Labute approximate surface area is 209 Å². The number of amides is 2. The van der Waals surface area contributed by atoms with Gasteiger partial charge >= 0.3 is 5.97 Å². The molecule has 1 unspecified atom stereocenters. The first-order chi connectivity index (χ1) is 16.5. The number of benzene rings is 2. The fourth-order valence-corrected chi connectivity index (χ4v) is 5.38. The fraction of sp³-hybridized carbons (Fsp3) is 0.423. The molecule has 1 heterocycles. The average Bonchev–Trinajstić information content (AvgIpc) is 3.13. The Balaban J connectivity index is 1.76. The molecule has 9 heteroatoms. The summed E-state index contributed by atoms with van der Waals surface area (Å²) in [6, 6.07) is 12.8. The molecule has 2 aromatic carbocycles. The number of para-hydroxylation sites is 1. The number of carbonyl (C=O) groups excluding carboxylic acids is 2. The molecule has 2 aromatic rings. The van der Waals surface area contributed by atoms with Crippen LogP contribution in [0.25, 0.3) is 0 Å². The van der Waals surface area contributed by atoms with Crippen molar-refractivity contribution in [1.29, 1.82) is 0 Å². The second-order valence-electron chi connectivity index (χ2n) is 9.24. The van der Waals surface area contributed by atoms with Gasteiger partial charge in [-0.05, 0) is 50.8 Å². The summed E-state index contributed by atoms with van der Waals surface area (Å²) in [5.74, 6) is -1.61. The Morgan fingerprint density at radius 2 is 1.74 bits per heavy atom. The van der Waals surface area contributed by atoms with Crippen molar-refractivity contribution in [2.45, 2.75) is 57.1 Å². The molecular weight excluding hydrogens is 468 g/mol. The zero-order chi connectivity index (χ0) is 25.8. The van der Waals surface area contributed by atoms with Gasteiger partial charge in [0.1, 0.15) is 11.8 Å². The maximum Gasteiger partial charge on any atom is 0.327 e. The highest BCUT2D eigenvalue weighted by Crippen LogP contribution is 2.39. The summed E-state index contributed by atoms with van der Waals surface area (Å²) in [7, 11) is 0. The minimum atomic E-state index is -1.63. The number of aliphatic carboxylic acids is 1. The van der Waals surface area contributed by atoms with Gasteiger partial charge in [0.25, 0.3) is 11.8 Å². The van der Waals surface area contributed by atoms with Crippen LogP contribution in [-0.2, 0) is 20.8 Å². The van der Waals surface area contributed by atoms with Crippen LogP contribution in [0.15, 0.2) is 48.5 Å². The van der Waals surface area contributed by atoms with Gasteiger partial charge in [0, 0.05) is 4.75 Å². The third-order valence-electron chi connectivity index (χ3n) is 6.10. The van der Waals surface area contributed by atoms with Gasteiger partial charge in [-0.3, -0.25) is 9.59 Å². The van der Waals surface area contributed by atoms with Crippen molar-refractivity contribution in [3.05, 3.63) is 65.2 Å². The second kappa shape index (κ2) is 11.1. The van der Waals surface area contributed by atoms with E-state index in [1.54, 1.807) is 13.8 Å². The van der Waals surface area contributed by atoms with Crippen LogP contribution in [-0.4, -0.2) is 68.3 Å². The van der Waals surface area contributed by atoms with Crippen molar-refractivity contribution in [1.82, 2.24) is 10.2 Å². The molecule has 0 aromatic heterocycles. The topological polar surface area (TPSA) is 116 Å². The predicted octanol–water partition coefficient (Wildman–Crippen LogP) is 2.54. The highest BCUT2D eigenvalue weighted by molar-refractivity contribution is 8.00. The van der Waals surface area contributed by atoms with Gasteiger partial charge in [-0.1, -0.05) is 48.5 Å². The normalized spacial score (nSPS) is 18.5. The third kappa shape index (κ3) is 6.35. The number of thioether (sulfide) groups is 1. The van der Waals surface area contributed by atoms with E-state index < -0.39 is 40.7 Å². The van der Waals surface area contributed by atoms with Gasteiger partial charge in [0.2, 0.25) is 0 Å². The number of nitrogens with one attached hydrogen (secondary N) is 1. The molecule has 8 nitrogen and oxygen atoms in total. The molecule has 3 N–H and O–H groups in total. The molecule has 1 aliphatic rings. The van der Waals surface area contributed by atoms with Crippen molar-refractivity contribution in [2.75, 3.05) is 12.5 Å². The number of ether oxygens (including phenoxy) is 1. The molecule has 2 amide bonds. The van der Waals surface area contributed by atoms with Crippen molar-refractivity contribution in [2.24, 2.45) is 0 Å². The summed E-state index contributed by atoms with van der Waals surface area (Å²) in [6.45, 7) is 6.99. The van der Waals surface area contributed by atoms with Crippen LogP contribution in [0.1, 0.15) is 30.5 Å². The van der Waals surface area contributed by atoms with Crippen molar-refractivity contribution < 1.29 is 29.3 Å². The quantitative estimate of drug-likeness (QED) is 0.485. The summed E-state index contributed by atoms with van der Waals surface area (Å²) in [4.78, 5) is 39.1. The number of rotatable bonds is 9. The number of hydrogen-bond acceptors (Lipinski definition) is 6. The molecule has 3 atom stereocenters. The summed E-state index contributed by atoms with van der Waals surface area (Å²) >= 11 is 1.33. The van der Waals surface area contributed by atoms with Crippen LogP contribution in [0.4, 0.5) is 0 Å². The second-order valence-corrected chi connectivity index (χ2v) is 10.8. The van der Waals surface area contributed by atoms with Gasteiger partial charge in [-0.25, -0.2) is 4.79 Å². The molecule has 1 aliphatic heterocycles. The molecule has 0 saturated carbocycles. The molecule has 0 spiro atoms. The number of nitrogens with zero attached hydrogens (tertiary/aromatic N) is 1. The van der Waals surface area contributed by atoms with E-state index >= 15 is 0 Å². The standard InChI is InChI=1S/C26H32N2O6S/c1-16-9-8-10-17(2)22(16)34-14-20(29)27-19(13-18-11-6-5-7-12-18)21(30)24(31)28-15-35-26(3,4)23(28)25(32)33/h5-12,19,21,23,30H,13-15H2,1-4H3,(H,27,29)(H,32,33)/t19-,21-,23?/m0/s1.